The van der Waals surface area contributed by atoms with Gasteiger partial charge in [-0.2, -0.15) is 4.31 Å². The quantitative estimate of drug-likeness (QED) is 0.719. The lowest BCUT2D eigenvalue weighted by atomic mass is 10.2. The topological polar surface area (TPSA) is 113 Å². The molecule has 0 saturated carbocycles. The zero-order valence-electron chi connectivity index (χ0n) is 10.7. The van der Waals surface area contributed by atoms with Crippen LogP contribution in [0.2, 0.25) is 0 Å². The zero-order chi connectivity index (χ0) is 14.2. The number of β-amino-alcohol motifs (C(OH)–C–C–N with tert-alkyl or cyclic N) is 1. The number of nitrogens with two attached hydrogens (primary N) is 1. The van der Waals surface area contributed by atoms with Crippen LogP contribution < -0.4 is 5.73 Å². The Labute approximate surface area is 115 Å². The number of sulfonamides is 1. The van der Waals surface area contributed by atoms with Crippen LogP contribution in [0.4, 0.5) is 5.13 Å². The van der Waals surface area contributed by atoms with Crippen LogP contribution in [0.25, 0.3) is 0 Å². The normalized spacial score (nSPS) is 25.3. The van der Waals surface area contributed by atoms with Crippen LogP contribution in [0.3, 0.4) is 0 Å². The molecule has 0 bridgehead atoms. The number of rotatable bonds is 4. The molecule has 1 saturated heterocycles. The van der Waals surface area contributed by atoms with E-state index in [1.807, 2.05) is 19.0 Å². The first-order chi connectivity index (χ1) is 8.80. The van der Waals surface area contributed by atoms with Crippen LogP contribution in [0.15, 0.2) is 4.34 Å². The molecule has 0 aliphatic carbocycles. The molecule has 2 rings (SSSR count). The molecule has 2 atom stereocenters. The van der Waals surface area contributed by atoms with E-state index in [9.17, 15) is 13.5 Å². The molecule has 8 nitrogen and oxygen atoms in total. The van der Waals surface area contributed by atoms with Crippen molar-refractivity contribution in [1.82, 2.24) is 19.4 Å². The average molecular weight is 307 g/mol. The predicted octanol–water partition coefficient (Wildman–Crippen LogP) is -1.19. The fourth-order valence-corrected chi connectivity index (χ4v) is 4.73. The van der Waals surface area contributed by atoms with Gasteiger partial charge in [0, 0.05) is 19.1 Å². The zero-order valence-corrected chi connectivity index (χ0v) is 12.4. The van der Waals surface area contributed by atoms with Crippen molar-refractivity contribution in [3.05, 3.63) is 0 Å². The minimum atomic E-state index is -3.73. The Morgan fingerprint density at radius 3 is 2.74 bits per heavy atom. The highest BCUT2D eigenvalue weighted by Gasteiger charge is 2.41. The Morgan fingerprint density at radius 1 is 1.53 bits per heavy atom. The van der Waals surface area contributed by atoms with Crippen molar-refractivity contribution in [2.45, 2.75) is 22.9 Å². The molecule has 1 aliphatic heterocycles. The molecule has 0 spiro atoms. The fraction of sp³-hybridized carbons (Fsp3) is 0.778. The summed E-state index contributed by atoms with van der Waals surface area (Å²) in [5.74, 6) is 0. The van der Waals surface area contributed by atoms with Gasteiger partial charge in [0.25, 0.3) is 10.0 Å². The Kier molecular flexibility index (Phi) is 4.06. The minimum absolute atomic E-state index is 0.0837. The number of aliphatic hydroxyl groups excluding tert-OH is 1. The van der Waals surface area contributed by atoms with Gasteiger partial charge in [0.2, 0.25) is 9.47 Å². The van der Waals surface area contributed by atoms with Gasteiger partial charge in [-0.1, -0.05) is 11.3 Å². The van der Waals surface area contributed by atoms with E-state index in [1.54, 1.807) is 0 Å². The van der Waals surface area contributed by atoms with Crippen molar-refractivity contribution in [3.8, 4) is 0 Å². The predicted molar refractivity (Wildman–Crippen MR) is 71.2 cm³/mol. The molecule has 108 valence electrons. The third-order valence-electron chi connectivity index (χ3n) is 2.87. The van der Waals surface area contributed by atoms with Crippen molar-refractivity contribution in [2.24, 2.45) is 0 Å². The fourth-order valence-electron chi connectivity index (χ4n) is 2.17. The summed E-state index contributed by atoms with van der Waals surface area (Å²) in [4.78, 5) is 1.89. The second-order valence-corrected chi connectivity index (χ2v) is 7.86. The maximum atomic E-state index is 12.4. The molecule has 1 aromatic heterocycles. The second kappa shape index (κ2) is 5.29. The number of anilines is 1. The lowest BCUT2D eigenvalue weighted by Gasteiger charge is -2.24. The molecule has 3 N–H and O–H groups in total. The van der Waals surface area contributed by atoms with Crippen molar-refractivity contribution in [3.63, 3.8) is 0 Å². The maximum Gasteiger partial charge on any atom is 0.272 e. The SMILES string of the molecule is CN(C)CC1CC(O)CN1S(=O)(=O)c1nnc(N)s1. The maximum absolute atomic E-state index is 12.4. The van der Waals surface area contributed by atoms with Gasteiger partial charge in [0.1, 0.15) is 0 Å². The number of hydrogen-bond acceptors (Lipinski definition) is 8. The molecule has 0 amide bonds. The Hall–Kier alpha value is -0.810. The largest absolute Gasteiger partial charge is 0.392 e. The monoisotopic (exact) mass is 307 g/mol. The van der Waals surface area contributed by atoms with Gasteiger partial charge < -0.3 is 15.7 Å². The second-order valence-electron chi connectivity index (χ2n) is 4.79. The van der Waals surface area contributed by atoms with Gasteiger partial charge in [-0.15, -0.1) is 10.2 Å². The standard InChI is InChI=1S/C9H17N5O3S2/c1-13(2)4-6-3-7(15)5-14(6)19(16,17)9-12-11-8(10)18-9/h6-7,15H,3-5H2,1-2H3,(H2,10,11). The average Bonchev–Trinajstić information content (AvgIpc) is 2.85. The van der Waals surface area contributed by atoms with Crippen molar-refractivity contribution >= 4 is 26.5 Å². The number of aliphatic hydroxyl groups is 1. The summed E-state index contributed by atoms with van der Waals surface area (Å²) in [5.41, 5.74) is 5.42. The lowest BCUT2D eigenvalue weighted by molar-refractivity contribution is 0.188. The first-order valence-corrected chi connectivity index (χ1v) is 8.00. The van der Waals surface area contributed by atoms with Gasteiger partial charge in [-0.3, -0.25) is 0 Å². The third kappa shape index (κ3) is 3.03. The lowest BCUT2D eigenvalue weighted by Crippen LogP contribution is -2.41. The van der Waals surface area contributed by atoms with Gasteiger partial charge in [-0.05, 0) is 20.5 Å². The van der Waals surface area contributed by atoms with E-state index in [2.05, 4.69) is 10.2 Å². The van der Waals surface area contributed by atoms with Crippen molar-refractivity contribution < 1.29 is 13.5 Å². The van der Waals surface area contributed by atoms with Crippen LogP contribution in [0.1, 0.15) is 6.42 Å². The molecule has 1 aromatic rings. The molecular formula is C9H17N5O3S2. The molecule has 0 aromatic carbocycles. The van der Waals surface area contributed by atoms with Crippen molar-refractivity contribution in [1.29, 1.82) is 0 Å². The van der Waals surface area contributed by atoms with Gasteiger partial charge in [0.05, 0.1) is 6.10 Å². The number of likely N-dealkylation sites (N-methyl/N-ethyl adjacent to an activating group) is 1. The number of nitrogens with zero attached hydrogens (tertiary/aromatic N) is 4. The summed E-state index contributed by atoms with van der Waals surface area (Å²) in [6.45, 7) is 0.630. The van der Waals surface area contributed by atoms with Crippen LogP contribution in [-0.2, 0) is 10.0 Å². The summed E-state index contributed by atoms with van der Waals surface area (Å²) in [7, 11) is -0.0149. The number of aromatic nitrogens is 2. The number of nitrogen functional groups attached to an aromatic ring is 1. The Bertz CT molecular complexity index is 544. The van der Waals surface area contributed by atoms with E-state index in [1.165, 1.54) is 4.31 Å². The molecule has 1 fully saturated rings. The van der Waals surface area contributed by atoms with E-state index in [4.69, 9.17) is 5.73 Å². The van der Waals surface area contributed by atoms with Crippen LogP contribution >= 0.6 is 11.3 Å². The van der Waals surface area contributed by atoms with Crippen LogP contribution in [0, 0.1) is 0 Å². The molecule has 0 radical (unpaired) electrons. The first kappa shape index (κ1) is 14.6. The summed E-state index contributed by atoms with van der Waals surface area (Å²) in [5, 5.41) is 16.9. The third-order valence-corrected chi connectivity index (χ3v) is 5.89. The van der Waals surface area contributed by atoms with E-state index in [-0.39, 0.29) is 22.1 Å². The van der Waals surface area contributed by atoms with Gasteiger partial charge in [0.15, 0.2) is 0 Å². The molecule has 10 heteroatoms. The molecule has 1 aliphatic rings. The molecule has 2 unspecified atom stereocenters. The van der Waals surface area contributed by atoms with E-state index >= 15 is 0 Å². The molecular weight excluding hydrogens is 290 g/mol. The smallest absolute Gasteiger partial charge is 0.272 e. The minimum Gasteiger partial charge on any atom is -0.392 e. The highest BCUT2D eigenvalue weighted by Crippen LogP contribution is 2.28. The highest BCUT2D eigenvalue weighted by atomic mass is 32.2. The Balaban J connectivity index is 2.28. The summed E-state index contributed by atoms with van der Waals surface area (Å²) in [6, 6.07) is -0.264. The van der Waals surface area contributed by atoms with Crippen molar-refractivity contribution in [2.75, 3.05) is 32.9 Å². The van der Waals surface area contributed by atoms with E-state index in [0.29, 0.717) is 13.0 Å². The summed E-state index contributed by atoms with van der Waals surface area (Å²) in [6.07, 6.45) is -0.226. The van der Waals surface area contributed by atoms with E-state index in [0.717, 1.165) is 11.3 Å². The Morgan fingerprint density at radius 2 is 2.21 bits per heavy atom. The molecule has 2 heterocycles. The first-order valence-electron chi connectivity index (χ1n) is 5.74. The van der Waals surface area contributed by atoms with Gasteiger partial charge in [-0.25, -0.2) is 8.42 Å². The van der Waals surface area contributed by atoms with Crippen LogP contribution in [-0.4, -0.2) is 72.3 Å². The number of hydrogen-bond donors (Lipinski definition) is 2. The van der Waals surface area contributed by atoms with Crippen LogP contribution in [0.5, 0.6) is 0 Å². The van der Waals surface area contributed by atoms with Gasteiger partial charge >= 0.3 is 0 Å². The summed E-state index contributed by atoms with van der Waals surface area (Å²) >= 11 is 0.834. The highest BCUT2D eigenvalue weighted by molar-refractivity contribution is 7.91. The summed E-state index contributed by atoms with van der Waals surface area (Å²) < 4.78 is 26.0. The van der Waals surface area contributed by atoms with E-state index < -0.39 is 16.1 Å². The molecule has 19 heavy (non-hydrogen) atoms.